The lowest BCUT2D eigenvalue weighted by molar-refractivity contribution is 0.487. The molecule has 1 N–H and O–H groups in total. The van der Waals surface area contributed by atoms with Gasteiger partial charge in [-0.05, 0) is 48.1 Å². The molecule has 3 atom stereocenters. The Morgan fingerprint density at radius 1 is 1.14 bits per heavy atom. The highest BCUT2D eigenvalue weighted by atomic mass is 35.5. The molecule has 0 spiro atoms. The number of rotatable bonds is 5. The Morgan fingerprint density at radius 2 is 1.90 bits per heavy atom. The first-order valence-corrected chi connectivity index (χ1v) is 8.19. The van der Waals surface area contributed by atoms with E-state index in [1.165, 1.54) is 12.0 Å². The van der Waals surface area contributed by atoms with Crippen LogP contribution in [0.15, 0.2) is 48.5 Å². The maximum Gasteiger partial charge on any atom is 0.0468 e. The van der Waals surface area contributed by atoms with E-state index in [0.29, 0.717) is 22.9 Å². The maximum absolute atomic E-state index is 6.40. The first-order valence-electron chi connectivity index (χ1n) is 7.44. The Hall–Kier alpha value is -1.02. The smallest absolute Gasteiger partial charge is 0.0468 e. The fourth-order valence-electron chi connectivity index (χ4n) is 3.13. The molecule has 21 heavy (non-hydrogen) atoms. The van der Waals surface area contributed by atoms with Gasteiger partial charge >= 0.3 is 0 Å². The van der Waals surface area contributed by atoms with Gasteiger partial charge < -0.3 is 5.32 Å². The van der Waals surface area contributed by atoms with E-state index < -0.39 is 0 Å². The molecule has 1 nitrogen and oxygen atoms in total. The van der Waals surface area contributed by atoms with Gasteiger partial charge in [-0.25, -0.2) is 0 Å². The molecule has 3 unspecified atom stereocenters. The van der Waals surface area contributed by atoms with Crippen LogP contribution in [0.3, 0.4) is 0 Å². The van der Waals surface area contributed by atoms with Crippen molar-refractivity contribution >= 4 is 23.2 Å². The van der Waals surface area contributed by atoms with Gasteiger partial charge in [-0.2, -0.15) is 0 Å². The molecule has 0 heterocycles. The Bertz CT molecular complexity index is 612. The molecule has 110 valence electrons. The molecule has 1 saturated carbocycles. The second kappa shape index (κ2) is 6.39. The summed E-state index contributed by atoms with van der Waals surface area (Å²) in [6.07, 6.45) is 1.21. The summed E-state index contributed by atoms with van der Waals surface area (Å²) >= 11 is 12.4. The Morgan fingerprint density at radius 3 is 2.57 bits per heavy atom. The molecule has 1 aliphatic rings. The van der Waals surface area contributed by atoms with Crippen LogP contribution in [0.4, 0.5) is 0 Å². The summed E-state index contributed by atoms with van der Waals surface area (Å²) in [5.41, 5.74) is 2.59. The highest BCUT2D eigenvalue weighted by Crippen LogP contribution is 2.54. The van der Waals surface area contributed by atoms with Gasteiger partial charge in [0.15, 0.2) is 0 Å². The lowest BCUT2D eigenvalue weighted by Gasteiger charge is -2.20. The summed E-state index contributed by atoms with van der Waals surface area (Å²) in [6, 6.07) is 16.8. The van der Waals surface area contributed by atoms with E-state index >= 15 is 0 Å². The van der Waals surface area contributed by atoms with Crippen LogP contribution in [0.25, 0.3) is 0 Å². The van der Waals surface area contributed by atoms with E-state index in [0.717, 1.165) is 17.1 Å². The molecule has 2 aromatic rings. The van der Waals surface area contributed by atoms with Crippen molar-refractivity contribution in [1.82, 2.24) is 5.32 Å². The van der Waals surface area contributed by atoms with Crippen molar-refractivity contribution in [2.75, 3.05) is 6.54 Å². The molecule has 1 aliphatic carbocycles. The summed E-state index contributed by atoms with van der Waals surface area (Å²) in [4.78, 5) is 0. The molecule has 2 aromatic carbocycles. The molecule has 3 heteroatoms. The van der Waals surface area contributed by atoms with Gasteiger partial charge in [0, 0.05) is 16.1 Å². The van der Waals surface area contributed by atoms with Crippen LogP contribution in [0.5, 0.6) is 0 Å². The Kier molecular flexibility index (Phi) is 4.54. The standard InChI is InChI=1S/C18H19Cl2N/c1-2-21-18(14-9-8-13(19)10-17(14)20)16-11-15(16)12-6-4-3-5-7-12/h3-10,15-16,18,21H,2,11H2,1H3. The van der Waals surface area contributed by atoms with Crippen molar-refractivity contribution in [1.29, 1.82) is 0 Å². The van der Waals surface area contributed by atoms with Gasteiger partial charge in [-0.1, -0.05) is 66.5 Å². The van der Waals surface area contributed by atoms with Crippen molar-refractivity contribution in [3.8, 4) is 0 Å². The van der Waals surface area contributed by atoms with Crippen molar-refractivity contribution < 1.29 is 0 Å². The monoisotopic (exact) mass is 319 g/mol. The molecule has 0 aromatic heterocycles. The molecule has 1 fully saturated rings. The highest BCUT2D eigenvalue weighted by molar-refractivity contribution is 6.35. The van der Waals surface area contributed by atoms with Gasteiger partial charge in [0.2, 0.25) is 0 Å². The average molecular weight is 320 g/mol. The van der Waals surface area contributed by atoms with Crippen LogP contribution in [0.1, 0.15) is 36.4 Å². The molecule has 0 bridgehead atoms. The van der Waals surface area contributed by atoms with E-state index in [9.17, 15) is 0 Å². The third-order valence-corrected chi connectivity index (χ3v) is 4.78. The number of hydrogen-bond donors (Lipinski definition) is 1. The van der Waals surface area contributed by atoms with Crippen LogP contribution in [0.2, 0.25) is 10.0 Å². The van der Waals surface area contributed by atoms with Crippen molar-refractivity contribution in [3.05, 3.63) is 69.7 Å². The summed E-state index contributed by atoms with van der Waals surface area (Å²) < 4.78 is 0. The lowest BCUT2D eigenvalue weighted by atomic mass is 9.98. The van der Waals surface area contributed by atoms with E-state index in [1.54, 1.807) is 0 Å². The zero-order valence-electron chi connectivity index (χ0n) is 12.0. The minimum atomic E-state index is 0.296. The summed E-state index contributed by atoms with van der Waals surface area (Å²) in [5, 5.41) is 5.04. The largest absolute Gasteiger partial charge is 0.310 e. The number of nitrogens with one attached hydrogen (secondary N) is 1. The van der Waals surface area contributed by atoms with Gasteiger partial charge in [0.25, 0.3) is 0 Å². The predicted octanol–water partition coefficient (Wildman–Crippen LogP) is 5.45. The zero-order valence-corrected chi connectivity index (χ0v) is 13.5. The lowest BCUT2D eigenvalue weighted by Crippen LogP contribution is -2.23. The fourth-order valence-corrected chi connectivity index (χ4v) is 3.66. The van der Waals surface area contributed by atoms with Crippen LogP contribution < -0.4 is 5.32 Å². The quantitative estimate of drug-likeness (QED) is 0.772. The zero-order chi connectivity index (χ0) is 14.8. The van der Waals surface area contributed by atoms with Crippen molar-refractivity contribution in [2.24, 2.45) is 5.92 Å². The van der Waals surface area contributed by atoms with Crippen LogP contribution in [0, 0.1) is 5.92 Å². The molecule has 0 saturated heterocycles. The fraction of sp³-hybridized carbons (Fsp3) is 0.333. The molecule has 0 amide bonds. The SMILES string of the molecule is CCNC(c1ccc(Cl)cc1Cl)C1CC1c1ccccc1. The van der Waals surface area contributed by atoms with E-state index in [4.69, 9.17) is 23.2 Å². The molecule has 3 rings (SSSR count). The molecule has 0 aliphatic heterocycles. The van der Waals surface area contributed by atoms with E-state index in [1.807, 2.05) is 12.1 Å². The Balaban J connectivity index is 1.83. The molecular formula is C18H19Cl2N. The van der Waals surface area contributed by atoms with Gasteiger partial charge in [0.05, 0.1) is 0 Å². The first-order chi connectivity index (χ1) is 10.2. The summed E-state index contributed by atoms with van der Waals surface area (Å²) in [6.45, 7) is 3.07. The normalized spacial score (nSPS) is 22.0. The molecular weight excluding hydrogens is 301 g/mol. The Labute approximate surface area is 136 Å². The van der Waals surface area contributed by atoms with Gasteiger partial charge in [0.1, 0.15) is 0 Å². The minimum Gasteiger partial charge on any atom is -0.310 e. The van der Waals surface area contributed by atoms with Crippen LogP contribution >= 0.6 is 23.2 Å². The number of halogens is 2. The van der Waals surface area contributed by atoms with Gasteiger partial charge in [-0.3, -0.25) is 0 Å². The predicted molar refractivity (Wildman–Crippen MR) is 90.2 cm³/mol. The van der Waals surface area contributed by atoms with Gasteiger partial charge in [-0.15, -0.1) is 0 Å². The highest BCUT2D eigenvalue weighted by Gasteiger charge is 2.44. The molecule has 0 radical (unpaired) electrons. The number of hydrogen-bond acceptors (Lipinski definition) is 1. The summed E-state index contributed by atoms with van der Waals surface area (Å²) in [7, 11) is 0. The minimum absolute atomic E-state index is 0.296. The van der Waals surface area contributed by atoms with Crippen molar-refractivity contribution in [3.63, 3.8) is 0 Å². The second-order valence-corrected chi connectivity index (χ2v) is 6.46. The topological polar surface area (TPSA) is 12.0 Å². The average Bonchev–Trinajstić information content (AvgIpc) is 3.27. The van der Waals surface area contributed by atoms with Crippen LogP contribution in [-0.2, 0) is 0 Å². The maximum atomic E-state index is 6.40. The summed E-state index contributed by atoms with van der Waals surface area (Å²) in [5.74, 6) is 1.23. The van der Waals surface area contributed by atoms with E-state index in [2.05, 4.69) is 48.6 Å². The number of benzene rings is 2. The van der Waals surface area contributed by atoms with Crippen LogP contribution in [-0.4, -0.2) is 6.54 Å². The van der Waals surface area contributed by atoms with Crippen molar-refractivity contribution in [2.45, 2.75) is 25.3 Å². The first kappa shape index (κ1) is 14.9. The third-order valence-electron chi connectivity index (χ3n) is 4.22. The van der Waals surface area contributed by atoms with E-state index in [-0.39, 0.29) is 0 Å². The third kappa shape index (κ3) is 3.26. The second-order valence-electron chi connectivity index (χ2n) is 5.62.